The van der Waals surface area contributed by atoms with Crippen LogP contribution in [0.4, 0.5) is 0 Å². The lowest BCUT2D eigenvalue weighted by Gasteiger charge is -2.26. The summed E-state index contributed by atoms with van der Waals surface area (Å²) < 4.78 is 5.34. The summed E-state index contributed by atoms with van der Waals surface area (Å²) >= 11 is 0. The highest BCUT2D eigenvalue weighted by atomic mass is 16.5. The third-order valence-corrected chi connectivity index (χ3v) is 3.69. The largest absolute Gasteiger partial charge is 0.379 e. The van der Waals surface area contributed by atoms with Crippen molar-refractivity contribution in [2.75, 3.05) is 32.8 Å². The highest BCUT2D eigenvalue weighted by molar-refractivity contribution is 5.06. The van der Waals surface area contributed by atoms with Crippen molar-refractivity contribution in [3.8, 4) is 6.07 Å². The van der Waals surface area contributed by atoms with Crippen molar-refractivity contribution < 1.29 is 4.74 Å². The second-order valence-corrected chi connectivity index (χ2v) is 5.31. The number of unbranched alkanes of at least 4 members (excludes halogenated alkanes) is 3. The van der Waals surface area contributed by atoms with Crippen LogP contribution in [-0.4, -0.2) is 47.7 Å². The van der Waals surface area contributed by atoms with Gasteiger partial charge < -0.3 is 9.72 Å². The fourth-order valence-corrected chi connectivity index (χ4v) is 2.51. The Hall–Kier alpha value is -1.38. The van der Waals surface area contributed by atoms with Gasteiger partial charge in [0, 0.05) is 31.4 Å². The maximum Gasteiger partial charge on any atom is 0.106 e. The van der Waals surface area contributed by atoms with Gasteiger partial charge in [-0.25, -0.2) is 4.98 Å². The lowest BCUT2D eigenvalue weighted by atomic mass is 10.1. The van der Waals surface area contributed by atoms with E-state index in [1.165, 1.54) is 32.2 Å². The molecule has 0 spiro atoms. The SMILES string of the molecule is N#CCc1cnc(CCCCCCN2CCOCC2)[nH]1. The van der Waals surface area contributed by atoms with Crippen molar-refractivity contribution >= 4 is 0 Å². The van der Waals surface area contributed by atoms with E-state index < -0.39 is 0 Å². The van der Waals surface area contributed by atoms with Crippen LogP contribution in [0.15, 0.2) is 6.20 Å². The minimum Gasteiger partial charge on any atom is -0.379 e. The second-order valence-electron chi connectivity index (χ2n) is 5.31. The maximum atomic E-state index is 8.60. The molecule has 1 N–H and O–H groups in total. The average molecular weight is 276 g/mol. The molecule has 1 aromatic heterocycles. The zero-order valence-corrected chi connectivity index (χ0v) is 12.1. The highest BCUT2D eigenvalue weighted by Gasteiger charge is 2.08. The number of morpholine rings is 1. The Morgan fingerprint density at radius 3 is 2.85 bits per heavy atom. The van der Waals surface area contributed by atoms with Crippen molar-refractivity contribution in [2.45, 2.75) is 38.5 Å². The summed E-state index contributed by atoms with van der Waals surface area (Å²) in [6, 6.07) is 2.13. The van der Waals surface area contributed by atoms with Crippen molar-refractivity contribution in [1.82, 2.24) is 14.9 Å². The van der Waals surface area contributed by atoms with Gasteiger partial charge in [0.1, 0.15) is 5.82 Å². The predicted octanol–water partition coefficient (Wildman–Crippen LogP) is 1.91. The summed E-state index contributed by atoms with van der Waals surface area (Å²) in [5.74, 6) is 1.02. The Bertz CT molecular complexity index is 418. The number of nitriles is 1. The molecular weight excluding hydrogens is 252 g/mol. The molecule has 0 radical (unpaired) electrons. The second kappa shape index (κ2) is 8.72. The van der Waals surface area contributed by atoms with Crippen LogP contribution in [0.3, 0.4) is 0 Å². The molecular formula is C15H24N4O. The van der Waals surface area contributed by atoms with Crippen LogP contribution in [0, 0.1) is 11.3 Å². The number of ether oxygens (including phenoxy) is 1. The molecule has 0 bridgehead atoms. The van der Waals surface area contributed by atoms with E-state index in [9.17, 15) is 0 Å². The molecule has 1 saturated heterocycles. The summed E-state index contributed by atoms with van der Waals surface area (Å²) in [5, 5.41) is 8.60. The zero-order chi connectivity index (χ0) is 14.0. The highest BCUT2D eigenvalue weighted by Crippen LogP contribution is 2.07. The third-order valence-electron chi connectivity index (χ3n) is 3.69. The molecule has 0 atom stereocenters. The average Bonchev–Trinajstić information content (AvgIpc) is 2.92. The number of aromatic amines is 1. The van der Waals surface area contributed by atoms with Crippen LogP contribution < -0.4 is 0 Å². The summed E-state index contributed by atoms with van der Waals surface area (Å²) in [6.45, 7) is 5.17. The number of aromatic nitrogens is 2. The maximum absolute atomic E-state index is 8.60. The van der Waals surface area contributed by atoms with E-state index in [2.05, 4.69) is 20.9 Å². The number of hydrogen-bond donors (Lipinski definition) is 1. The van der Waals surface area contributed by atoms with Crippen molar-refractivity contribution in [1.29, 1.82) is 5.26 Å². The van der Waals surface area contributed by atoms with E-state index in [1.54, 1.807) is 6.20 Å². The first-order chi connectivity index (χ1) is 9.88. The number of hydrogen-bond acceptors (Lipinski definition) is 4. The minimum atomic E-state index is 0.423. The fourth-order valence-electron chi connectivity index (χ4n) is 2.51. The van der Waals surface area contributed by atoms with Crippen LogP contribution in [0.2, 0.25) is 0 Å². The summed E-state index contributed by atoms with van der Waals surface area (Å²) in [5.41, 5.74) is 0.926. The molecule has 0 aromatic carbocycles. The first-order valence-corrected chi connectivity index (χ1v) is 7.58. The van der Waals surface area contributed by atoms with Gasteiger partial charge in [-0.05, 0) is 19.4 Å². The molecule has 0 unspecified atom stereocenters. The Balaban J connectivity index is 1.49. The molecule has 1 fully saturated rings. The van der Waals surface area contributed by atoms with Crippen molar-refractivity contribution in [2.24, 2.45) is 0 Å². The number of imidazole rings is 1. The van der Waals surface area contributed by atoms with Gasteiger partial charge in [-0.3, -0.25) is 4.90 Å². The van der Waals surface area contributed by atoms with Crippen LogP contribution >= 0.6 is 0 Å². The van der Waals surface area contributed by atoms with Crippen LogP contribution in [0.5, 0.6) is 0 Å². The number of nitrogens with zero attached hydrogens (tertiary/aromatic N) is 3. The molecule has 110 valence electrons. The van der Waals surface area contributed by atoms with Gasteiger partial charge in [0.05, 0.1) is 25.7 Å². The third kappa shape index (κ3) is 5.32. The number of H-pyrrole nitrogens is 1. The van der Waals surface area contributed by atoms with Crippen molar-refractivity contribution in [3.05, 3.63) is 17.7 Å². The van der Waals surface area contributed by atoms with Crippen LogP contribution in [0.1, 0.15) is 37.2 Å². The van der Waals surface area contributed by atoms with E-state index in [-0.39, 0.29) is 0 Å². The Morgan fingerprint density at radius 2 is 2.05 bits per heavy atom. The van der Waals surface area contributed by atoms with E-state index in [4.69, 9.17) is 10.00 Å². The minimum absolute atomic E-state index is 0.423. The van der Waals surface area contributed by atoms with E-state index in [0.29, 0.717) is 6.42 Å². The Morgan fingerprint density at radius 1 is 1.25 bits per heavy atom. The van der Waals surface area contributed by atoms with Gasteiger partial charge in [0.15, 0.2) is 0 Å². The summed E-state index contributed by atoms with van der Waals surface area (Å²) in [7, 11) is 0. The molecule has 0 saturated carbocycles. The molecule has 1 aromatic rings. The van der Waals surface area contributed by atoms with Crippen LogP contribution in [-0.2, 0) is 17.6 Å². The monoisotopic (exact) mass is 276 g/mol. The Labute approximate surface area is 120 Å². The first kappa shape index (κ1) is 15.0. The summed E-state index contributed by atoms with van der Waals surface area (Å²) in [4.78, 5) is 9.99. The lowest BCUT2D eigenvalue weighted by molar-refractivity contribution is 0.0371. The molecule has 5 heteroatoms. The molecule has 20 heavy (non-hydrogen) atoms. The van der Waals surface area contributed by atoms with E-state index >= 15 is 0 Å². The smallest absolute Gasteiger partial charge is 0.106 e. The molecule has 2 rings (SSSR count). The van der Waals surface area contributed by atoms with E-state index in [0.717, 1.165) is 44.2 Å². The molecule has 5 nitrogen and oxygen atoms in total. The van der Waals surface area contributed by atoms with Gasteiger partial charge in [-0.15, -0.1) is 0 Å². The molecule has 1 aliphatic rings. The predicted molar refractivity (Wildman–Crippen MR) is 77.3 cm³/mol. The molecule has 1 aliphatic heterocycles. The lowest BCUT2D eigenvalue weighted by Crippen LogP contribution is -2.36. The first-order valence-electron chi connectivity index (χ1n) is 7.58. The summed E-state index contributed by atoms with van der Waals surface area (Å²) in [6.07, 6.45) is 8.16. The van der Waals surface area contributed by atoms with Gasteiger partial charge >= 0.3 is 0 Å². The van der Waals surface area contributed by atoms with Gasteiger partial charge in [-0.2, -0.15) is 5.26 Å². The van der Waals surface area contributed by atoms with E-state index in [1.807, 2.05) is 0 Å². The molecule has 0 aliphatic carbocycles. The normalized spacial score (nSPS) is 16.1. The topological polar surface area (TPSA) is 64.9 Å². The van der Waals surface area contributed by atoms with Gasteiger partial charge in [0.2, 0.25) is 0 Å². The molecule has 2 heterocycles. The fraction of sp³-hybridized carbons (Fsp3) is 0.733. The van der Waals surface area contributed by atoms with Crippen molar-refractivity contribution in [3.63, 3.8) is 0 Å². The molecule has 0 amide bonds. The zero-order valence-electron chi connectivity index (χ0n) is 12.1. The van der Waals surface area contributed by atoms with Crippen LogP contribution in [0.25, 0.3) is 0 Å². The number of rotatable bonds is 8. The quantitative estimate of drug-likeness (QED) is 0.737. The Kier molecular flexibility index (Phi) is 6.55. The number of nitrogens with one attached hydrogen (secondary N) is 1. The number of aryl methyl sites for hydroxylation is 1. The van der Waals surface area contributed by atoms with Gasteiger partial charge in [0.25, 0.3) is 0 Å². The standard InChI is InChI=1S/C15H24N4O/c16-7-6-14-13-17-15(18-14)5-3-1-2-4-8-19-9-11-20-12-10-19/h13H,1-6,8-12H2,(H,17,18). The van der Waals surface area contributed by atoms with Gasteiger partial charge in [-0.1, -0.05) is 12.8 Å².